The molecule has 3 aliphatic carbocycles. The number of carbonyl (C=O) groups excluding carboxylic acids is 1. The van der Waals surface area contributed by atoms with Gasteiger partial charge in [-0.2, -0.15) is 0 Å². The Hall–Kier alpha value is -1.11. The van der Waals surface area contributed by atoms with Gasteiger partial charge in [0.15, 0.2) is 0 Å². The van der Waals surface area contributed by atoms with Gasteiger partial charge in [-0.3, -0.25) is 15.6 Å². The van der Waals surface area contributed by atoms with Gasteiger partial charge in [-0.05, 0) is 68.6 Å². The maximum absolute atomic E-state index is 12.4. The van der Waals surface area contributed by atoms with Gasteiger partial charge in [-0.1, -0.05) is 26.8 Å². The van der Waals surface area contributed by atoms with Crippen LogP contribution >= 0.6 is 0 Å². The van der Waals surface area contributed by atoms with Crippen molar-refractivity contribution in [3.63, 3.8) is 0 Å². The molecule has 0 bridgehead atoms. The lowest BCUT2D eigenvalue weighted by molar-refractivity contribution is -0.144. The first-order valence-corrected chi connectivity index (χ1v) is 12.8. The third kappa shape index (κ3) is 4.04. The molecule has 3 saturated carbocycles. The second-order valence-corrected chi connectivity index (χ2v) is 11.4. The van der Waals surface area contributed by atoms with E-state index in [-0.39, 0.29) is 5.91 Å². The molecule has 0 aromatic carbocycles. The normalized spacial score (nSPS) is 42.2. The minimum Gasteiger partial charge on any atom is -0.380 e. The number of fused-ring (bicyclic) bond motifs is 1. The van der Waals surface area contributed by atoms with Gasteiger partial charge in [0.2, 0.25) is 0 Å². The summed E-state index contributed by atoms with van der Waals surface area (Å²) >= 11 is 0. The van der Waals surface area contributed by atoms with Crippen LogP contribution in [-0.2, 0) is 4.79 Å². The number of aliphatic hydroxyl groups is 1. The molecule has 5 fully saturated rings. The molecule has 174 valence electrons. The van der Waals surface area contributed by atoms with Crippen molar-refractivity contribution in [3.05, 3.63) is 12.3 Å². The van der Waals surface area contributed by atoms with E-state index in [0.29, 0.717) is 49.9 Å². The summed E-state index contributed by atoms with van der Waals surface area (Å²) in [5.41, 5.74) is 7.62. The molecular weight excluding hydrogens is 388 g/mol. The van der Waals surface area contributed by atoms with Crippen molar-refractivity contribution in [2.45, 2.75) is 82.9 Å². The van der Waals surface area contributed by atoms with Gasteiger partial charge in [-0.25, -0.2) is 0 Å². The predicted octanol–water partition coefficient (Wildman–Crippen LogP) is 2.50. The first kappa shape index (κ1) is 21.7. The second kappa shape index (κ2) is 8.35. The minimum absolute atomic E-state index is 0.0559. The van der Waals surface area contributed by atoms with E-state index in [9.17, 15) is 9.90 Å². The van der Waals surface area contributed by atoms with Gasteiger partial charge in [0.1, 0.15) is 5.60 Å². The highest BCUT2D eigenvalue weighted by atomic mass is 16.3. The largest absolute Gasteiger partial charge is 0.380 e. The van der Waals surface area contributed by atoms with E-state index < -0.39 is 5.60 Å². The van der Waals surface area contributed by atoms with Gasteiger partial charge in [-0.15, -0.1) is 0 Å². The van der Waals surface area contributed by atoms with Gasteiger partial charge < -0.3 is 14.9 Å². The highest BCUT2D eigenvalue weighted by Gasteiger charge is 2.50. The molecule has 0 aromatic rings. The summed E-state index contributed by atoms with van der Waals surface area (Å²) in [7, 11) is 0. The standard InChI is InChI=1S/C25H42N4O2/c1-16-5-4-6-21-22(16)26-27-23(21)19-7-8-20(17(2)15-19)18(3)28-11-13-29(14-12-28)24(30)25(31)9-10-25/h16-17,19-23,26-27,31H,3-15H2,1-2H3. The average molecular weight is 431 g/mol. The van der Waals surface area contributed by atoms with Crippen LogP contribution < -0.4 is 10.9 Å². The van der Waals surface area contributed by atoms with E-state index in [1.54, 1.807) is 0 Å². The number of hydrogen-bond acceptors (Lipinski definition) is 5. The monoisotopic (exact) mass is 430 g/mol. The Bertz CT molecular complexity index is 700. The number of rotatable bonds is 4. The predicted molar refractivity (Wildman–Crippen MR) is 122 cm³/mol. The number of piperazine rings is 1. The fourth-order valence-electron chi connectivity index (χ4n) is 7.19. The van der Waals surface area contributed by atoms with Crippen LogP contribution in [0.2, 0.25) is 0 Å². The molecule has 31 heavy (non-hydrogen) atoms. The molecule has 7 atom stereocenters. The second-order valence-electron chi connectivity index (χ2n) is 11.4. The molecule has 3 N–H and O–H groups in total. The number of hydrazine groups is 1. The van der Waals surface area contributed by atoms with Crippen molar-refractivity contribution in [2.75, 3.05) is 26.2 Å². The Labute approximate surface area is 187 Å². The maximum atomic E-state index is 12.4. The van der Waals surface area contributed by atoms with Gasteiger partial charge in [0.25, 0.3) is 5.91 Å². The van der Waals surface area contributed by atoms with Crippen LogP contribution in [0.25, 0.3) is 0 Å². The Balaban J connectivity index is 1.13. The third-order valence-electron chi connectivity index (χ3n) is 9.39. The molecule has 0 spiro atoms. The lowest BCUT2D eigenvalue weighted by Crippen LogP contribution is -2.52. The highest BCUT2D eigenvalue weighted by Crippen LogP contribution is 2.45. The molecule has 2 aliphatic heterocycles. The maximum Gasteiger partial charge on any atom is 0.254 e. The summed E-state index contributed by atoms with van der Waals surface area (Å²) < 4.78 is 0. The average Bonchev–Trinajstić information content (AvgIpc) is 3.37. The molecule has 6 heteroatoms. The molecule has 1 amide bonds. The first-order chi connectivity index (χ1) is 14.9. The van der Waals surface area contributed by atoms with E-state index in [1.165, 1.54) is 44.2 Å². The first-order valence-electron chi connectivity index (χ1n) is 12.8. The van der Waals surface area contributed by atoms with E-state index in [1.807, 2.05) is 4.90 Å². The van der Waals surface area contributed by atoms with Crippen molar-refractivity contribution in [1.82, 2.24) is 20.7 Å². The van der Waals surface area contributed by atoms with Gasteiger partial charge >= 0.3 is 0 Å². The summed E-state index contributed by atoms with van der Waals surface area (Å²) in [4.78, 5) is 16.7. The highest BCUT2D eigenvalue weighted by molar-refractivity contribution is 5.87. The zero-order valence-electron chi connectivity index (χ0n) is 19.5. The summed E-state index contributed by atoms with van der Waals surface area (Å²) in [6.45, 7) is 12.5. The number of amides is 1. The lowest BCUT2D eigenvalue weighted by atomic mass is 9.66. The van der Waals surface area contributed by atoms with E-state index in [0.717, 1.165) is 30.8 Å². The van der Waals surface area contributed by atoms with Crippen LogP contribution in [0.4, 0.5) is 0 Å². The molecule has 2 saturated heterocycles. The summed E-state index contributed by atoms with van der Waals surface area (Å²) in [6.07, 6.45) is 9.19. The quantitative estimate of drug-likeness (QED) is 0.639. The van der Waals surface area contributed by atoms with Gasteiger partial charge in [0, 0.05) is 49.9 Å². The number of nitrogens with zero attached hydrogens (tertiary/aromatic N) is 2. The van der Waals surface area contributed by atoms with Crippen LogP contribution in [0.1, 0.15) is 65.2 Å². The lowest BCUT2D eigenvalue weighted by Gasteiger charge is -2.45. The van der Waals surface area contributed by atoms with E-state index in [4.69, 9.17) is 0 Å². The van der Waals surface area contributed by atoms with Crippen molar-refractivity contribution in [1.29, 1.82) is 0 Å². The summed E-state index contributed by atoms with van der Waals surface area (Å²) in [6, 6.07) is 1.29. The molecule has 5 aliphatic rings. The van der Waals surface area contributed by atoms with Crippen molar-refractivity contribution >= 4 is 5.91 Å². The Morgan fingerprint density at radius 3 is 2.29 bits per heavy atom. The fraction of sp³-hybridized carbons (Fsp3) is 0.880. The Kier molecular flexibility index (Phi) is 5.85. The summed E-state index contributed by atoms with van der Waals surface area (Å²) in [5.74, 6) is 3.50. The van der Waals surface area contributed by atoms with Crippen molar-refractivity contribution < 1.29 is 9.90 Å². The number of nitrogens with one attached hydrogen (secondary N) is 2. The minimum atomic E-state index is -1.04. The smallest absolute Gasteiger partial charge is 0.254 e. The summed E-state index contributed by atoms with van der Waals surface area (Å²) in [5, 5.41) is 10.1. The van der Waals surface area contributed by atoms with E-state index in [2.05, 4.69) is 36.2 Å². The van der Waals surface area contributed by atoms with Crippen molar-refractivity contribution in [3.8, 4) is 0 Å². The molecule has 0 aromatic heterocycles. The van der Waals surface area contributed by atoms with Crippen LogP contribution in [0.15, 0.2) is 12.3 Å². The van der Waals surface area contributed by atoms with Crippen LogP contribution in [0, 0.1) is 29.6 Å². The van der Waals surface area contributed by atoms with Crippen molar-refractivity contribution in [2.24, 2.45) is 29.6 Å². The van der Waals surface area contributed by atoms with Crippen LogP contribution in [-0.4, -0.2) is 64.7 Å². The Morgan fingerprint density at radius 2 is 1.61 bits per heavy atom. The molecule has 2 heterocycles. The Morgan fingerprint density at radius 1 is 0.935 bits per heavy atom. The van der Waals surface area contributed by atoms with Crippen LogP contribution in [0.5, 0.6) is 0 Å². The van der Waals surface area contributed by atoms with Gasteiger partial charge in [0.05, 0.1) is 0 Å². The zero-order valence-corrected chi connectivity index (χ0v) is 19.5. The van der Waals surface area contributed by atoms with E-state index >= 15 is 0 Å². The molecule has 5 rings (SSSR count). The zero-order chi connectivity index (χ0) is 21.8. The number of allylic oxidation sites excluding steroid dienone is 1. The molecule has 6 nitrogen and oxygen atoms in total. The SMILES string of the molecule is C=C(C1CCC(C2NNC3C(C)CCCC32)CC1C)N1CCN(C(=O)C2(O)CC2)CC1. The fourth-order valence-corrected chi connectivity index (χ4v) is 7.19. The third-order valence-corrected chi connectivity index (χ3v) is 9.39. The topological polar surface area (TPSA) is 67.8 Å². The molecule has 0 radical (unpaired) electrons. The molecular formula is C25H42N4O2. The van der Waals surface area contributed by atoms with Crippen LogP contribution in [0.3, 0.4) is 0 Å². The molecule has 7 unspecified atom stereocenters. The number of carbonyl (C=O) groups is 1. The number of hydrogen-bond donors (Lipinski definition) is 3.